The van der Waals surface area contributed by atoms with Crippen LogP contribution in [0.2, 0.25) is 25.8 Å². The molecule has 2 aliphatic heterocycles. The molecule has 0 radical (unpaired) electrons. The maximum absolute atomic E-state index is 12.0. The SMILES string of the molecule is Clc1ncc(Cl)c(Cl)n1.O=C1Cc2ccccc2N1.O=C1Nc2ccccc2C1c1nc(Cl)ncc1Cl. The van der Waals surface area contributed by atoms with Gasteiger partial charge in [-0.2, -0.15) is 0 Å². The molecule has 2 amide bonds. The lowest BCUT2D eigenvalue weighted by Gasteiger charge is -2.09. The number of nitrogens with zero attached hydrogens (tertiary/aromatic N) is 4. The van der Waals surface area contributed by atoms with Gasteiger partial charge in [0.2, 0.25) is 22.4 Å². The molecule has 0 fully saturated rings. The van der Waals surface area contributed by atoms with Gasteiger partial charge in [0.15, 0.2) is 5.15 Å². The van der Waals surface area contributed by atoms with Crippen molar-refractivity contribution in [2.75, 3.05) is 10.6 Å². The zero-order chi connectivity index (χ0) is 26.5. The Bertz CT molecular complexity index is 1460. The minimum Gasteiger partial charge on any atom is -0.326 e. The summed E-state index contributed by atoms with van der Waals surface area (Å²) in [5.41, 5.74) is 4.12. The molecule has 0 bridgehead atoms. The predicted molar refractivity (Wildman–Crippen MR) is 145 cm³/mol. The fourth-order valence-electron chi connectivity index (χ4n) is 3.53. The average molecular weight is 597 g/mol. The number of halogens is 5. The lowest BCUT2D eigenvalue weighted by Crippen LogP contribution is -2.15. The molecular weight excluding hydrogens is 582 g/mol. The van der Waals surface area contributed by atoms with Gasteiger partial charge in [0.05, 0.1) is 34.6 Å². The third-order valence-corrected chi connectivity index (χ3v) is 6.44. The second kappa shape index (κ2) is 12.0. The van der Waals surface area contributed by atoms with E-state index in [1.54, 1.807) is 0 Å². The molecule has 0 saturated carbocycles. The van der Waals surface area contributed by atoms with Crippen molar-refractivity contribution < 1.29 is 9.59 Å². The van der Waals surface area contributed by atoms with Crippen molar-refractivity contribution in [2.45, 2.75) is 12.3 Å². The standard InChI is InChI=1S/C12H7Cl2N3O.C8H7NO.C4HCl3N2/c13-7-5-15-12(14)17-10(7)9-6-3-1-2-4-8(6)16-11(9)18;10-8-5-6-3-1-2-4-7(6)9-8;5-2-1-8-4(7)9-3(2)6/h1-5,9H,(H,16,18);1-4H,5H2,(H,9,10);1H. The number of para-hydroxylation sites is 2. The molecule has 4 aromatic rings. The lowest BCUT2D eigenvalue weighted by atomic mass is 9.97. The number of nitrogens with one attached hydrogen (secondary N) is 2. The van der Waals surface area contributed by atoms with E-state index in [4.69, 9.17) is 58.0 Å². The molecule has 188 valence electrons. The van der Waals surface area contributed by atoms with Crippen molar-refractivity contribution in [1.82, 2.24) is 19.9 Å². The van der Waals surface area contributed by atoms with Crippen LogP contribution in [0.3, 0.4) is 0 Å². The molecule has 2 aliphatic rings. The minimum absolute atomic E-state index is 0.0755. The second-order valence-corrected chi connectivity index (χ2v) is 9.39. The van der Waals surface area contributed by atoms with Crippen LogP contribution in [0.15, 0.2) is 60.9 Å². The Kier molecular flexibility index (Phi) is 8.79. The fourth-order valence-corrected chi connectivity index (χ4v) is 4.27. The van der Waals surface area contributed by atoms with Crippen molar-refractivity contribution in [3.05, 3.63) is 104 Å². The monoisotopic (exact) mass is 594 g/mol. The molecule has 2 N–H and O–H groups in total. The van der Waals surface area contributed by atoms with Crippen molar-refractivity contribution in [2.24, 2.45) is 0 Å². The van der Waals surface area contributed by atoms with Crippen LogP contribution in [0.1, 0.15) is 22.7 Å². The quantitative estimate of drug-likeness (QED) is 0.192. The van der Waals surface area contributed by atoms with Gasteiger partial charge >= 0.3 is 0 Å². The van der Waals surface area contributed by atoms with Gasteiger partial charge in [0.25, 0.3) is 0 Å². The highest BCUT2D eigenvalue weighted by Crippen LogP contribution is 2.38. The van der Waals surface area contributed by atoms with Crippen LogP contribution >= 0.6 is 58.0 Å². The number of benzene rings is 2. The zero-order valence-electron chi connectivity index (χ0n) is 18.6. The summed E-state index contributed by atoms with van der Waals surface area (Å²) >= 11 is 28.1. The Morgan fingerprint density at radius 2 is 1.35 bits per heavy atom. The molecule has 37 heavy (non-hydrogen) atoms. The summed E-state index contributed by atoms with van der Waals surface area (Å²) in [4.78, 5) is 37.8. The van der Waals surface area contributed by atoms with Crippen LogP contribution < -0.4 is 10.6 Å². The highest BCUT2D eigenvalue weighted by Gasteiger charge is 2.34. The number of hydrogen-bond donors (Lipinski definition) is 2. The Balaban J connectivity index is 0.000000143. The van der Waals surface area contributed by atoms with E-state index in [9.17, 15) is 9.59 Å². The number of rotatable bonds is 1. The lowest BCUT2D eigenvalue weighted by molar-refractivity contribution is -0.116. The third kappa shape index (κ3) is 6.66. The molecule has 13 heteroatoms. The maximum atomic E-state index is 12.0. The first-order valence-corrected chi connectivity index (χ1v) is 12.4. The summed E-state index contributed by atoms with van der Waals surface area (Å²) in [5.74, 6) is -0.594. The van der Waals surface area contributed by atoms with E-state index in [2.05, 4.69) is 30.6 Å². The number of anilines is 2. The van der Waals surface area contributed by atoms with Crippen LogP contribution in [-0.4, -0.2) is 31.8 Å². The topological polar surface area (TPSA) is 110 Å². The molecule has 0 saturated heterocycles. The summed E-state index contributed by atoms with van der Waals surface area (Å²) in [6.07, 6.45) is 3.29. The van der Waals surface area contributed by atoms with Crippen molar-refractivity contribution in [1.29, 1.82) is 0 Å². The van der Waals surface area contributed by atoms with Crippen molar-refractivity contribution in [3.63, 3.8) is 0 Å². The number of aromatic nitrogens is 4. The maximum Gasteiger partial charge on any atom is 0.238 e. The number of amides is 2. The number of carbonyl (C=O) groups excluding carboxylic acids is 2. The summed E-state index contributed by atoms with van der Waals surface area (Å²) in [7, 11) is 0. The fraction of sp³-hybridized carbons (Fsp3) is 0.0833. The molecule has 4 heterocycles. The first-order chi connectivity index (χ1) is 17.7. The van der Waals surface area contributed by atoms with Crippen LogP contribution in [0, 0.1) is 0 Å². The van der Waals surface area contributed by atoms with Gasteiger partial charge in [-0.3, -0.25) is 9.59 Å². The van der Waals surface area contributed by atoms with E-state index >= 15 is 0 Å². The van der Waals surface area contributed by atoms with Gasteiger partial charge in [0.1, 0.15) is 5.92 Å². The van der Waals surface area contributed by atoms with Gasteiger partial charge in [0, 0.05) is 11.4 Å². The van der Waals surface area contributed by atoms with Gasteiger partial charge in [-0.15, -0.1) is 0 Å². The molecular formula is C24H15Cl5N6O2. The molecule has 2 aromatic heterocycles. The van der Waals surface area contributed by atoms with Crippen molar-refractivity contribution in [3.8, 4) is 0 Å². The highest BCUT2D eigenvalue weighted by molar-refractivity contribution is 6.41. The van der Waals surface area contributed by atoms with Gasteiger partial charge in [-0.1, -0.05) is 71.2 Å². The molecule has 0 spiro atoms. The largest absolute Gasteiger partial charge is 0.326 e. The molecule has 8 nitrogen and oxygen atoms in total. The van der Waals surface area contributed by atoms with E-state index in [0.717, 1.165) is 22.5 Å². The van der Waals surface area contributed by atoms with Gasteiger partial charge in [-0.05, 0) is 46.5 Å². The second-order valence-electron chi connectivity index (χ2n) is 7.54. The van der Waals surface area contributed by atoms with E-state index < -0.39 is 5.92 Å². The summed E-state index contributed by atoms with van der Waals surface area (Å²) in [5, 5.41) is 6.54. The Hall–Kier alpha value is -3.01. The smallest absolute Gasteiger partial charge is 0.238 e. The normalized spacial score (nSPS) is 14.8. The Morgan fingerprint density at radius 3 is 2.03 bits per heavy atom. The van der Waals surface area contributed by atoms with E-state index in [1.165, 1.54) is 12.4 Å². The minimum atomic E-state index is -0.533. The molecule has 1 unspecified atom stereocenters. The highest BCUT2D eigenvalue weighted by atomic mass is 35.5. The average Bonchev–Trinajstić information content (AvgIpc) is 3.42. The number of carbonyl (C=O) groups is 2. The third-order valence-electron chi connectivity index (χ3n) is 5.12. The van der Waals surface area contributed by atoms with Crippen LogP contribution in [0.5, 0.6) is 0 Å². The van der Waals surface area contributed by atoms with Crippen LogP contribution in [-0.2, 0) is 16.0 Å². The van der Waals surface area contributed by atoms with Crippen LogP contribution in [0.4, 0.5) is 11.4 Å². The van der Waals surface area contributed by atoms with E-state index in [0.29, 0.717) is 22.2 Å². The molecule has 0 aliphatic carbocycles. The summed E-state index contributed by atoms with van der Waals surface area (Å²) in [6.45, 7) is 0. The van der Waals surface area contributed by atoms with Crippen molar-refractivity contribution >= 4 is 81.2 Å². The molecule has 1 atom stereocenters. The first kappa shape index (κ1) is 27.0. The number of hydrogen-bond acceptors (Lipinski definition) is 6. The molecule has 2 aromatic carbocycles. The van der Waals surface area contributed by atoms with E-state index in [1.807, 2.05) is 48.5 Å². The zero-order valence-corrected chi connectivity index (χ0v) is 22.3. The Morgan fingerprint density at radius 1 is 0.730 bits per heavy atom. The van der Waals surface area contributed by atoms with Gasteiger partial charge in [-0.25, -0.2) is 19.9 Å². The predicted octanol–water partition coefficient (Wildman–Crippen LogP) is 6.49. The summed E-state index contributed by atoms with van der Waals surface area (Å²) in [6, 6.07) is 15.2. The van der Waals surface area contributed by atoms with Gasteiger partial charge < -0.3 is 10.6 Å². The Labute approximate surface area is 236 Å². The molecule has 6 rings (SSSR count). The summed E-state index contributed by atoms with van der Waals surface area (Å²) < 4.78 is 0. The first-order valence-electron chi connectivity index (χ1n) is 10.5. The van der Waals surface area contributed by atoms with E-state index in [-0.39, 0.29) is 27.5 Å². The number of fused-ring (bicyclic) bond motifs is 2. The van der Waals surface area contributed by atoms with Crippen LogP contribution in [0.25, 0.3) is 0 Å².